The van der Waals surface area contributed by atoms with E-state index < -0.39 is 0 Å². The first-order valence-electron chi connectivity index (χ1n) is 7.30. The standard InChI is InChI=1S/C17H21NO2/c19-13-5-4-6-14-9-11-15(12-10-14)17(20)18-16-7-2-1-3-8-16/h9-12,16,19H,1-3,5,7-8,13H2,(H,18,20). The average Bonchev–Trinajstić information content (AvgIpc) is 2.49. The number of amides is 1. The molecule has 1 saturated carbocycles. The lowest BCUT2D eigenvalue weighted by atomic mass is 9.95. The van der Waals surface area contributed by atoms with Gasteiger partial charge in [-0.25, -0.2) is 0 Å². The Hall–Kier alpha value is -1.79. The van der Waals surface area contributed by atoms with E-state index in [1.54, 1.807) is 12.1 Å². The van der Waals surface area contributed by atoms with Crippen LogP contribution in [0.5, 0.6) is 0 Å². The Labute approximate surface area is 120 Å². The molecule has 106 valence electrons. The largest absolute Gasteiger partial charge is 0.395 e. The van der Waals surface area contributed by atoms with Crippen molar-refractivity contribution in [3.63, 3.8) is 0 Å². The number of nitrogens with one attached hydrogen (secondary N) is 1. The summed E-state index contributed by atoms with van der Waals surface area (Å²) in [5.74, 6) is 5.82. The topological polar surface area (TPSA) is 49.3 Å². The molecule has 0 saturated heterocycles. The highest BCUT2D eigenvalue weighted by molar-refractivity contribution is 5.94. The summed E-state index contributed by atoms with van der Waals surface area (Å²) in [7, 11) is 0. The van der Waals surface area contributed by atoms with Gasteiger partial charge in [0.1, 0.15) is 0 Å². The fourth-order valence-electron chi connectivity index (χ4n) is 2.44. The molecule has 3 nitrogen and oxygen atoms in total. The minimum atomic E-state index is 0.00627. The lowest BCUT2D eigenvalue weighted by molar-refractivity contribution is 0.0927. The van der Waals surface area contributed by atoms with Crippen molar-refractivity contribution >= 4 is 5.91 Å². The van der Waals surface area contributed by atoms with E-state index in [1.807, 2.05) is 12.1 Å². The molecule has 0 unspecified atom stereocenters. The quantitative estimate of drug-likeness (QED) is 0.830. The molecule has 0 atom stereocenters. The van der Waals surface area contributed by atoms with Crippen LogP contribution in [0.1, 0.15) is 54.4 Å². The summed E-state index contributed by atoms with van der Waals surface area (Å²) in [5.41, 5.74) is 1.55. The van der Waals surface area contributed by atoms with Crippen molar-refractivity contribution in [2.75, 3.05) is 6.61 Å². The first-order chi connectivity index (χ1) is 9.79. The van der Waals surface area contributed by atoms with E-state index in [0.717, 1.165) is 18.4 Å². The number of carbonyl (C=O) groups excluding carboxylic acids is 1. The molecular formula is C17H21NO2. The first-order valence-corrected chi connectivity index (χ1v) is 7.30. The van der Waals surface area contributed by atoms with Crippen molar-refractivity contribution in [2.24, 2.45) is 0 Å². The maximum Gasteiger partial charge on any atom is 0.251 e. The third kappa shape index (κ3) is 4.40. The molecule has 1 fully saturated rings. The smallest absolute Gasteiger partial charge is 0.251 e. The summed E-state index contributed by atoms with van der Waals surface area (Å²) in [4.78, 5) is 12.1. The number of hydrogen-bond acceptors (Lipinski definition) is 2. The Balaban J connectivity index is 1.92. The summed E-state index contributed by atoms with van der Waals surface area (Å²) in [6.45, 7) is 0.0783. The zero-order valence-corrected chi connectivity index (χ0v) is 11.7. The number of hydrogen-bond donors (Lipinski definition) is 2. The van der Waals surface area contributed by atoms with E-state index in [4.69, 9.17) is 5.11 Å². The molecule has 0 heterocycles. The van der Waals surface area contributed by atoms with Crippen LogP contribution >= 0.6 is 0 Å². The molecule has 1 aliphatic rings. The van der Waals surface area contributed by atoms with E-state index in [1.165, 1.54) is 19.3 Å². The van der Waals surface area contributed by atoms with Gasteiger partial charge in [0, 0.05) is 23.6 Å². The zero-order chi connectivity index (χ0) is 14.2. The Morgan fingerprint density at radius 1 is 1.20 bits per heavy atom. The first kappa shape index (κ1) is 14.6. The number of benzene rings is 1. The van der Waals surface area contributed by atoms with Crippen molar-refractivity contribution in [1.29, 1.82) is 0 Å². The van der Waals surface area contributed by atoms with E-state index >= 15 is 0 Å². The number of aliphatic hydroxyl groups is 1. The molecule has 0 aliphatic heterocycles. The van der Waals surface area contributed by atoms with Crippen LogP contribution in [-0.2, 0) is 0 Å². The van der Waals surface area contributed by atoms with Crippen molar-refractivity contribution in [1.82, 2.24) is 5.32 Å². The van der Waals surface area contributed by atoms with Gasteiger partial charge in [0.25, 0.3) is 5.91 Å². The molecule has 2 N–H and O–H groups in total. The van der Waals surface area contributed by atoms with Crippen LogP contribution in [0.2, 0.25) is 0 Å². The van der Waals surface area contributed by atoms with Crippen LogP contribution in [0.25, 0.3) is 0 Å². The molecule has 1 amide bonds. The van der Waals surface area contributed by atoms with Gasteiger partial charge in [-0.1, -0.05) is 31.1 Å². The van der Waals surface area contributed by atoms with Gasteiger partial charge < -0.3 is 10.4 Å². The van der Waals surface area contributed by atoms with Gasteiger partial charge in [0.15, 0.2) is 0 Å². The summed E-state index contributed by atoms with van der Waals surface area (Å²) in [6, 6.07) is 7.64. The third-order valence-corrected chi connectivity index (χ3v) is 3.56. The van der Waals surface area contributed by atoms with Gasteiger partial charge in [-0.3, -0.25) is 4.79 Å². The SMILES string of the molecule is O=C(NC1CCCCC1)c1ccc(C#CCCO)cc1. The fourth-order valence-corrected chi connectivity index (χ4v) is 2.44. The van der Waals surface area contributed by atoms with Gasteiger partial charge in [0.2, 0.25) is 0 Å². The number of aliphatic hydroxyl groups excluding tert-OH is 1. The van der Waals surface area contributed by atoms with E-state index in [0.29, 0.717) is 18.0 Å². The van der Waals surface area contributed by atoms with Gasteiger partial charge in [0.05, 0.1) is 6.61 Å². The lowest BCUT2D eigenvalue weighted by Crippen LogP contribution is -2.36. The van der Waals surface area contributed by atoms with Crippen LogP contribution in [0.3, 0.4) is 0 Å². The Bertz CT molecular complexity index is 490. The van der Waals surface area contributed by atoms with Gasteiger partial charge in [-0.05, 0) is 37.1 Å². The zero-order valence-electron chi connectivity index (χ0n) is 11.7. The maximum absolute atomic E-state index is 12.1. The molecule has 3 heteroatoms. The number of rotatable bonds is 3. The monoisotopic (exact) mass is 271 g/mol. The van der Waals surface area contributed by atoms with Crippen LogP contribution in [-0.4, -0.2) is 23.7 Å². The highest BCUT2D eigenvalue weighted by Gasteiger charge is 2.16. The van der Waals surface area contributed by atoms with Crippen molar-refractivity contribution in [3.05, 3.63) is 35.4 Å². The predicted octanol–water partition coefficient (Wildman–Crippen LogP) is 2.48. The average molecular weight is 271 g/mol. The Morgan fingerprint density at radius 3 is 2.55 bits per heavy atom. The second-order valence-electron chi connectivity index (χ2n) is 5.16. The normalized spacial score (nSPS) is 15.2. The van der Waals surface area contributed by atoms with E-state index in [-0.39, 0.29) is 12.5 Å². The molecule has 1 aromatic carbocycles. The highest BCUT2D eigenvalue weighted by Crippen LogP contribution is 2.17. The van der Waals surface area contributed by atoms with Crippen LogP contribution in [0.4, 0.5) is 0 Å². The summed E-state index contributed by atoms with van der Waals surface area (Å²) < 4.78 is 0. The minimum Gasteiger partial charge on any atom is -0.395 e. The third-order valence-electron chi connectivity index (χ3n) is 3.56. The van der Waals surface area contributed by atoms with Gasteiger partial charge in [-0.2, -0.15) is 0 Å². The van der Waals surface area contributed by atoms with E-state index in [2.05, 4.69) is 17.2 Å². The highest BCUT2D eigenvalue weighted by atomic mass is 16.2. The molecule has 0 radical (unpaired) electrons. The summed E-state index contributed by atoms with van der Waals surface area (Å²) >= 11 is 0. The number of carbonyl (C=O) groups is 1. The predicted molar refractivity (Wildman–Crippen MR) is 79.4 cm³/mol. The molecule has 20 heavy (non-hydrogen) atoms. The second-order valence-corrected chi connectivity index (χ2v) is 5.16. The van der Waals surface area contributed by atoms with Crippen molar-refractivity contribution in [2.45, 2.75) is 44.6 Å². The minimum absolute atomic E-state index is 0.00627. The second kappa shape index (κ2) is 7.72. The molecule has 2 rings (SSSR count). The van der Waals surface area contributed by atoms with Gasteiger partial charge >= 0.3 is 0 Å². The lowest BCUT2D eigenvalue weighted by Gasteiger charge is -2.22. The molecule has 0 aromatic heterocycles. The Morgan fingerprint density at radius 2 is 1.90 bits per heavy atom. The molecule has 0 bridgehead atoms. The van der Waals surface area contributed by atoms with Crippen molar-refractivity contribution < 1.29 is 9.90 Å². The van der Waals surface area contributed by atoms with Crippen molar-refractivity contribution in [3.8, 4) is 11.8 Å². The molecular weight excluding hydrogens is 250 g/mol. The van der Waals surface area contributed by atoms with Crippen LogP contribution < -0.4 is 5.32 Å². The molecule has 1 aliphatic carbocycles. The summed E-state index contributed by atoms with van der Waals surface area (Å²) in [5, 5.41) is 11.8. The summed E-state index contributed by atoms with van der Waals surface area (Å²) in [6.07, 6.45) is 6.37. The molecule has 1 aromatic rings. The fraction of sp³-hybridized carbons (Fsp3) is 0.471. The Kier molecular flexibility index (Phi) is 5.64. The van der Waals surface area contributed by atoms with Crippen LogP contribution in [0, 0.1) is 11.8 Å². The van der Waals surface area contributed by atoms with Gasteiger partial charge in [-0.15, -0.1) is 0 Å². The van der Waals surface area contributed by atoms with Crippen LogP contribution in [0.15, 0.2) is 24.3 Å². The maximum atomic E-state index is 12.1. The van der Waals surface area contributed by atoms with E-state index in [9.17, 15) is 4.79 Å². The molecule has 0 spiro atoms.